The maximum Gasteiger partial charge on any atom is 0.166 e. The van der Waals surface area contributed by atoms with Crippen molar-refractivity contribution in [3.05, 3.63) is 216 Å². The van der Waals surface area contributed by atoms with Crippen LogP contribution in [0.3, 0.4) is 0 Å². The van der Waals surface area contributed by atoms with E-state index in [1.54, 1.807) is 0 Å². The van der Waals surface area contributed by atoms with E-state index < -0.39 is 0 Å². The van der Waals surface area contributed by atoms with Crippen molar-refractivity contribution in [2.24, 2.45) is 0 Å². The fourth-order valence-electron chi connectivity index (χ4n) is 9.81. The Morgan fingerprint density at radius 2 is 0.818 bits per heavy atom. The second-order valence-electron chi connectivity index (χ2n) is 17.5. The molecule has 314 valence electrons. The van der Waals surface area contributed by atoms with E-state index in [2.05, 4.69) is 178 Å². The summed E-state index contributed by atoms with van der Waals surface area (Å²) in [4.78, 5) is 15.8. The number of nitrogens with zero attached hydrogens (tertiary/aromatic N) is 4. The third kappa shape index (κ3) is 6.76. The maximum absolute atomic E-state index is 6.43. The highest BCUT2D eigenvalue weighted by Gasteiger charge is 2.22. The minimum Gasteiger partial charge on any atom is -0.456 e. The van der Waals surface area contributed by atoms with Gasteiger partial charge in [0.05, 0.1) is 16.7 Å². The zero-order valence-electron chi connectivity index (χ0n) is 37.2. The van der Waals surface area contributed by atoms with Gasteiger partial charge in [-0.15, -0.1) is 0 Å². The van der Waals surface area contributed by atoms with E-state index in [1.807, 2.05) is 48.5 Å². The van der Waals surface area contributed by atoms with Gasteiger partial charge in [0.1, 0.15) is 11.2 Å². The van der Waals surface area contributed by atoms with Crippen molar-refractivity contribution in [2.75, 3.05) is 0 Å². The molecule has 0 fully saturated rings. The molecule has 3 aromatic heterocycles. The molecule has 5 nitrogen and oxygen atoms in total. The molecule has 0 aliphatic heterocycles. The van der Waals surface area contributed by atoms with Gasteiger partial charge in [0.2, 0.25) is 0 Å². The van der Waals surface area contributed by atoms with E-state index in [0.717, 1.165) is 77.6 Å². The van der Waals surface area contributed by atoms with E-state index in [0.29, 0.717) is 17.5 Å². The summed E-state index contributed by atoms with van der Waals surface area (Å²) >= 11 is 0. The van der Waals surface area contributed by atoms with Crippen LogP contribution >= 0.6 is 0 Å². The highest BCUT2D eigenvalue weighted by atomic mass is 16.3. The summed E-state index contributed by atoms with van der Waals surface area (Å²) in [6.45, 7) is 8.71. The molecule has 0 amide bonds. The van der Waals surface area contributed by atoms with Gasteiger partial charge in [0.15, 0.2) is 17.5 Å². The van der Waals surface area contributed by atoms with E-state index in [1.165, 1.54) is 44.2 Å². The van der Waals surface area contributed by atoms with Crippen molar-refractivity contribution in [3.8, 4) is 73.2 Å². The van der Waals surface area contributed by atoms with Crippen molar-refractivity contribution in [1.29, 1.82) is 0 Å². The summed E-state index contributed by atoms with van der Waals surface area (Å²) in [5, 5.41) is 4.53. The molecule has 0 aliphatic carbocycles. The number of aryl methyl sites for hydroxylation is 4. The lowest BCUT2D eigenvalue weighted by molar-refractivity contribution is 0.669. The molecule has 0 saturated carbocycles. The Bertz CT molecular complexity index is 3700. The molecule has 0 radical (unpaired) electrons. The van der Waals surface area contributed by atoms with Crippen LogP contribution in [0.4, 0.5) is 0 Å². The number of para-hydroxylation sites is 1. The second-order valence-corrected chi connectivity index (χ2v) is 17.5. The lowest BCUT2D eigenvalue weighted by Gasteiger charge is -2.17. The van der Waals surface area contributed by atoms with Crippen LogP contribution in [-0.4, -0.2) is 19.5 Å². The maximum atomic E-state index is 6.43. The van der Waals surface area contributed by atoms with E-state index >= 15 is 0 Å². The molecular formula is C61H44N4O. The summed E-state index contributed by atoms with van der Waals surface area (Å²) in [7, 11) is 0. The van der Waals surface area contributed by atoms with Gasteiger partial charge < -0.3 is 8.98 Å². The number of rotatable bonds is 7. The molecule has 0 atom stereocenters. The summed E-state index contributed by atoms with van der Waals surface area (Å²) in [6.07, 6.45) is 0. The molecule has 0 bridgehead atoms. The Kier molecular flexibility index (Phi) is 9.32. The topological polar surface area (TPSA) is 56.7 Å². The first-order valence-corrected chi connectivity index (χ1v) is 22.5. The minimum absolute atomic E-state index is 0.579. The van der Waals surface area contributed by atoms with Gasteiger partial charge in [0.25, 0.3) is 0 Å². The van der Waals surface area contributed by atoms with Crippen molar-refractivity contribution in [3.63, 3.8) is 0 Å². The van der Waals surface area contributed by atoms with Crippen LogP contribution in [0.25, 0.3) is 117 Å². The van der Waals surface area contributed by atoms with Crippen LogP contribution in [0, 0.1) is 27.7 Å². The smallest absolute Gasteiger partial charge is 0.166 e. The molecule has 66 heavy (non-hydrogen) atoms. The average molecular weight is 849 g/mol. The largest absolute Gasteiger partial charge is 0.456 e. The number of aromatic nitrogens is 4. The van der Waals surface area contributed by atoms with Crippen LogP contribution in [-0.2, 0) is 0 Å². The monoisotopic (exact) mass is 848 g/mol. The van der Waals surface area contributed by atoms with Crippen LogP contribution in [0.15, 0.2) is 199 Å². The highest BCUT2D eigenvalue weighted by molar-refractivity contribution is 6.12. The Hall–Kier alpha value is -8.41. The predicted octanol–water partition coefficient (Wildman–Crippen LogP) is 16.1. The summed E-state index contributed by atoms with van der Waals surface area (Å²) < 4.78 is 8.86. The number of fused-ring (bicyclic) bond motifs is 6. The van der Waals surface area contributed by atoms with Gasteiger partial charge >= 0.3 is 0 Å². The van der Waals surface area contributed by atoms with Crippen molar-refractivity contribution in [1.82, 2.24) is 19.5 Å². The van der Waals surface area contributed by atoms with E-state index in [-0.39, 0.29) is 0 Å². The summed E-state index contributed by atoms with van der Waals surface area (Å²) in [5.41, 5.74) is 19.4. The number of hydrogen-bond donors (Lipinski definition) is 0. The van der Waals surface area contributed by atoms with Gasteiger partial charge in [-0.25, -0.2) is 15.0 Å². The number of benzene rings is 9. The molecule has 5 heteroatoms. The van der Waals surface area contributed by atoms with Gasteiger partial charge in [-0.3, -0.25) is 0 Å². The first-order valence-electron chi connectivity index (χ1n) is 22.5. The van der Waals surface area contributed by atoms with Gasteiger partial charge in [-0.05, 0) is 115 Å². The van der Waals surface area contributed by atoms with Gasteiger partial charge in [-0.1, -0.05) is 163 Å². The number of hydrogen-bond acceptors (Lipinski definition) is 4. The van der Waals surface area contributed by atoms with E-state index in [4.69, 9.17) is 19.4 Å². The Labute approximate surface area is 383 Å². The normalized spacial score (nSPS) is 11.6. The predicted molar refractivity (Wildman–Crippen MR) is 273 cm³/mol. The lowest BCUT2D eigenvalue weighted by atomic mass is 9.96. The van der Waals surface area contributed by atoms with Crippen molar-refractivity contribution < 1.29 is 4.42 Å². The molecular weight excluding hydrogens is 805 g/mol. The van der Waals surface area contributed by atoms with E-state index in [9.17, 15) is 0 Å². The van der Waals surface area contributed by atoms with Crippen LogP contribution < -0.4 is 0 Å². The SMILES string of the molecule is Cc1ccc(-c2ccc3c4ccc(-c5ccc(C)cc5C)cc4n(-c4ccc(-c5ccc6c(c5)oc5ccccc56)cc4-c4nc(-c5ccccc5)nc(-c5ccccc5)n4)c3c2)c(C)c1. The minimum atomic E-state index is 0.579. The molecule has 0 aliphatic rings. The van der Waals surface area contributed by atoms with Crippen LogP contribution in [0.1, 0.15) is 22.3 Å². The fraction of sp³-hybridized carbons (Fsp3) is 0.0656. The van der Waals surface area contributed by atoms with Gasteiger partial charge in [0, 0.05) is 38.2 Å². The highest BCUT2D eigenvalue weighted by Crippen LogP contribution is 2.42. The fourth-order valence-corrected chi connectivity index (χ4v) is 9.81. The molecule has 0 spiro atoms. The zero-order valence-corrected chi connectivity index (χ0v) is 37.2. The molecule has 9 aromatic carbocycles. The quantitative estimate of drug-likeness (QED) is 0.160. The van der Waals surface area contributed by atoms with Crippen LogP contribution in [0.5, 0.6) is 0 Å². The Morgan fingerprint density at radius 1 is 0.333 bits per heavy atom. The molecule has 0 N–H and O–H groups in total. The molecule has 12 rings (SSSR count). The Morgan fingerprint density at radius 3 is 1.41 bits per heavy atom. The Balaban J connectivity index is 1.17. The molecule has 12 aromatic rings. The first-order chi connectivity index (χ1) is 32.3. The lowest BCUT2D eigenvalue weighted by Crippen LogP contribution is -2.04. The number of furan rings is 1. The van der Waals surface area contributed by atoms with Crippen LogP contribution in [0.2, 0.25) is 0 Å². The zero-order chi connectivity index (χ0) is 44.5. The average Bonchev–Trinajstić information content (AvgIpc) is 3.88. The molecule has 3 heterocycles. The summed E-state index contributed by atoms with van der Waals surface area (Å²) in [5.74, 6) is 1.79. The molecule has 0 saturated heterocycles. The van der Waals surface area contributed by atoms with Crippen molar-refractivity contribution >= 4 is 43.7 Å². The molecule has 0 unspecified atom stereocenters. The standard InChI is InChI=1S/C61H44N4O/c1-37-19-25-47(39(3)31-37)45-22-27-49-50-28-23-46(48-26-20-38(2)32-40(48)4)35-56(50)65(55(49)34-45)54-30-24-43(44-21-29-52-51-17-11-12-18-57(51)66-58(52)36-44)33-53(54)61-63-59(41-13-7-5-8-14-41)62-60(64-61)42-15-9-6-10-16-42/h5-36H,1-4H3. The van der Waals surface area contributed by atoms with Gasteiger partial charge in [-0.2, -0.15) is 0 Å². The first kappa shape index (κ1) is 39.2. The second kappa shape index (κ2) is 15.7. The third-order valence-electron chi connectivity index (χ3n) is 13.0. The third-order valence-corrected chi connectivity index (χ3v) is 13.0. The van der Waals surface area contributed by atoms with Crippen molar-refractivity contribution in [2.45, 2.75) is 27.7 Å². The summed E-state index contributed by atoms with van der Waals surface area (Å²) in [6, 6.07) is 69.1.